The van der Waals surface area contributed by atoms with E-state index < -0.39 is 0 Å². The zero-order chi connectivity index (χ0) is 17.9. The molecule has 0 spiro atoms. The molecule has 1 aliphatic heterocycles. The summed E-state index contributed by atoms with van der Waals surface area (Å²) in [5.74, 6) is 0.855. The van der Waals surface area contributed by atoms with Gasteiger partial charge in [-0.1, -0.05) is 28.9 Å². The summed E-state index contributed by atoms with van der Waals surface area (Å²) < 4.78 is 1.88. The Bertz CT molecular complexity index is 883. The smallest absolute Gasteiger partial charge is 0.289 e. The molecule has 3 heterocycles. The number of hydrogen-bond acceptors (Lipinski definition) is 4. The number of nitrogens with one attached hydrogen (secondary N) is 1. The van der Waals surface area contributed by atoms with Crippen molar-refractivity contribution in [2.24, 2.45) is 5.92 Å². The first kappa shape index (κ1) is 16.8. The lowest BCUT2D eigenvalue weighted by atomic mass is 9.97. The van der Waals surface area contributed by atoms with Crippen molar-refractivity contribution >= 4 is 17.5 Å². The molecule has 8 heteroatoms. The van der Waals surface area contributed by atoms with Gasteiger partial charge >= 0.3 is 0 Å². The lowest BCUT2D eigenvalue weighted by molar-refractivity contribution is 0.0669. The highest BCUT2D eigenvalue weighted by molar-refractivity contribution is 6.30. The molecule has 1 N–H and O–H groups in total. The molecular weight excluding hydrogens is 352 g/mol. The van der Waals surface area contributed by atoms with E-state index in [1.807, 2.05) is 40.0 Å². The quantitative estimate of drug-likeness (QED) is 0.765. The molecule has 4 rings (SSSR count). The molecule has 0 atom stereocenters. The highest BCUT2D eigenvalue weighted by Crippen LogP contribution is 2.23. The molecule has 1 saturated heterocycles. The number of halogens is 1. The van der Waals surface area contributed by atoms with Crippen molar-refractivity contribution in [2.45, 2.75) is 19.4 Å². The van der Waals surface area contributed by atoms with Gasteiger partial charge < -0.3 is 9.88 Å². The average molecular weight is 371 g/mol. The van der Waals surface area contributed by atoms with E-state index in [9.17, 15) is 4.79 Å². The van der Waals surface area contributed by atoms with Crippen LogP contribution in [-0.2, 0) is 6.54 Å². The standard InChI is InChI=1S/C18H19ClN6O/c19-15-3-1-2-14(10-15)16-12-25(23-22-16)11-13-4-8-24(9-5-13)18(26)17-20-6-7-21-17/h1-3,6-7,10,12-13H,4-5,8-9,11H2,(H,20,21). The second kappa shape index (κ2) is 7.29. The molecule has 1 fully saturated rings. The second-order valence-electron chi connectivity index (χ2n) is 6.51. The van der Waals surface area contributed by atoms with Gasteiger partial charge in [0, 0.05) is 42.6 Å². The van der Waals surface area contributed by atoms with Gasteiger partial charge in [-0.3, -0.25) is 9.48 Å². The lowest BCUT2D eigenvalue weighted by Gasteiger charge is -2.31. The Morgan fingerprint density at radius 1 is 1.31 bits per heavy atom. The fourth-order valence-electron chi connectivity index (χ4n) is 3.28. The van der Waals surface area contributed by atoms with Gasteiger partial charge in [0.1, 0.15) is 5.69 Å². The molecule has 26 heavy (non-hydrogen) atoms. The van der Waals surface area contributed by atoms with Crippen LogP contribution in [0, 0.1) is 5.92 Å². The number of rotatable bonds is 4. The van der Waals surface area contributed by atoms with Crippen molar-refractivity contribution in [2.75, 3.05) is 13.1 Å². The normalized spacial score (nSPS) is 15.3. The van der Waals surface area contributed by atoms with E-state index in [0.29, 0.717) is 16.8 Å². The van der Waals surface area contributed by atoms with Gasteiger partial charge in [-0.25, -0.2) is 4.98 Å². The van der Waals surface area contributed by atoms with Crippen molar-refractivity contribution < 1.29 is 4.79 Å². The molecule has 7 nitrogen and oxygen atoms in total. The third kappa shape index (κ3) is 3.62. The van der Waals surface area contributed by atoms with E-state index in [1.54, 1.807) is 12.4 Å². The van der Waals surface area contributed by atoms with Gasteiger partial charge in [0.2, 0.25) is 0 Å². The van der Waals surface area contributed by atoms with Crippen LogP contribution >= 0.6 is 11.6 Å². The molecule has 0 unspecified atom stereocenters. The third-order valence-electron chi connectivity index (χ3n) is 4.71. The monoisotopic (exact) mass is 370 g/mol. The maximum atomic E-state index is 12.3. The van der Waals surface area contributed by atoms with E-state index in [4.69, 9.17) is 11.6 Å². The van der Waals surface area contributed by atoms with Crippen molar-refractivity contribution in [3.63, 3.8) is 0 Å². The summed E-state index contributed by atoms with van der Waals surface area (Å²) in [7, 11) is 0. The number of H-pyrrole nitrogens is 1. The Balaban J connectivity index is 1.34. The second-order valence-corrected chi connectivity index (χ2v) is 6.95. The molecule has 134 valence electrons. The number of aromatic amines is 1. The Labute approximate surface area is 156 Å². The number of carbonyl (C=O) groups excluding carboxylic acids is 1. The largest absolute Gasteiger partial charge is 0.341 e. The van der Waals surface area contributed by atoms with E-state index in [0.717, 1.165) is 43.7 Å². The van der Waals surface area contributed by atoms with Crippen molar-refractivity contribution in [1.29, 1.82) is 0 Å². The highest BCUT2D eigenvalue weighted by Gasteiger charge is 2.25. The first-order chi connectivity index (χ1) is 12.7. The van der Waals surface area contributed by atoms with E-state index >= 15 is 0 Å². The molecule has 0 saturated carbocycles. The molecular formula is C18H19ClN6O. The van der Waals surface area contributed by atoms with E-state index in [2.05, 4.69) is 20.3 Å². The number of benzene rings is 1. The van der Waals surface area contributed by atoms with Crippen molar-refractivity contribution in [3.05, 3.63) is 53.7 Å². The summed E-state index contributed by atoms with van der Waals surface area (Å²) in [6.45, 7) is 2.27. The topological polar surface area (TPSA) is 79.7 Å². The molecule has 0 bridgehead atoms. The van der Waals surface area contributed by atoms with Crippen LogP contribution in [0.2, 0.25) is 5.02 Å². The third-order valence-corrected chi connectivity index (χ3v) is 4.94. The fourth-order valence-corrected chi connectivity index (χ4v) is 3.47. The van der Waals surface area contributed by atoms with Crippen molar-refractivity contribution in [3.8, 4) is 11.3 Å². The van der Waals surface area contributed by atoms with Gasteiger partial charge in [-0.05, 0) is 30.9 Å². The Kier molecular flexibility index (Phi) is 4.71. The zero-order valence-electron chi connectivity index (χ0n) is 14.2. The van der Waals surface area contributed by atoms with Crippen LogP contribution in [0.5, 0.6) is 0 Å². The summed E-state index contributed by atoms with van der Waals surface area (Å²) >= 11 is 6.04. The summed E-state index contributed by atoms with van der Waals surface area (Å²) in [4.78, 5) is 21.1. The Morgan fingerprint density at radius 2 is 2.15 bits per heavy atom. The molecule has 1 amide bonds. The summed E-state index contributed by atoms with van der Waals surface area (Å²) in [5.41, 5.74) is 1.78. The van der Waals surface area contributed by atoms with Crippen LogP contribution in [0.3, 0.4) is 0 Å². The van der Waals surface area contributed by atoms with E-state index in [1.165, 1.54) is 0 Å². The van der Waals surface area contributed by atoms with Crippen LogP contribution in [0.25, 0.3) is 11.3 Å². The Hall–Kier alpha value is -2.67. The number of imidazole rings is 1. The van der Waals surface area contributed by atoms with Crippen LogP contribution in [0.1, 0.15) is 23.5 Å². The van der Waals surface area contributed by atoms with Crippen LogP contribution in [0.15, 0.2) is 42.9 Å². The van der Waals surface area contributed by atoms with Crippen LogP contribution < -0.4 is 0 Å². The summed E-state index contributed by atoms with van der Waals surface area (Å²) in [5, 5.41) is 9.17. The molecule has 1 aliphatic rings. The number of aromatic nitrogens is 5. The minimum absolute atomic E-state index is 0.0301. The lowest BCUT2D eigenvalue weighted by Crippen LogP contribution is -2.39. The first-order valence-corrected chi connectivity index (χ1v) is 9.01. The van der Waals surface area contributed by atoms with Gasteiger partial charge in [-0.2, -0.15) is 0 Å². The minimum atomic E-state index is -0.0301. The predicted octanol–water partition coefficient (Wildman–Crippen LogP) is 2.87. The highest BCUT2D eigenvalue weighted by atomic mass is 35.5. The number of likely N-dealkylation sites (tertiary alicyclic amines) is 1. The van der Waals surface area contributed by atoms with Crippen LogP contribution in [0.4, 0.5) is 0 Å². The molecule has 1 aromatic carbocycles. The fraction of sp³-hybridized carbons (Fsp3) is 0.333. The molecule has 0 radical (unpaired) electrons. The number of amides is 1. The maximum Gasteiger partial charge on any atom is 0.289 e. The van der Waals surface area contributed by atoms with Crippen LogP contribution in [-0.4, -0.2) is 48.9 Å². The number of piperidine rings is 1. The first-order valence-electron chi connectivity index (χ1n) is 8.64. The zero-order valence-corrected chi connectivity index (χ0v) is 14.9. The summed E-state index contributed by atoms with van der Waals surface area (Å²) in [6.07, 6.45) is 7.11. The van der Waals surface area contributed by atoms with Gasteiger partial charge in [0.25, 0.3) is 5.91 Å². The number of hydrogen-bond donors (Lipinski definition) is 1. The molecule has 0 aliphatic carbocycles. The van der Waals surface area contributed by atoms with Gasteiger partial charge in [0.15, 0.2) is 5.82 Å². The predicted molar refractivity (Wildman–Crippen MR) is 97.7 cm³/mol. The molecule has 3 aromatic rings. The summed E-state index contributed by atoms with van der Waals surface area (Å²) in [6, 6.07) is 7.60. The number of carbonyl (C=O) groups is 1. The maximum absolute atomic E-state index is 12.3. The minimum Gasteiger partial charge on any atom is -0.341 e. The average Bonchev–Trinajstić information content (AvgIpc) is 3.34. The Morgan fingerprint density at radius 3 is 2.88 bits per heavy atom. The van der Waals surface area contributed by atoms with Gasteiger partial charge in [0.05, 0.1) is 6.20 Å². The van der Waals surface area contributed by atoms with Crippen molar-refractivity contribution in [1.82, 2.24) is 29.9 Å². The molecule has 2 aromatic heterocycles. The number of nitrogens with zero attached hydrogens (tertiary/aromatic N) is 5. The van der Waals surface area contributed by atoms with E-state index in [-0.39, 0.29) is 5.91 Å². The van der Waals surface area contributed by atoms with Gasteiger partial charge in [-0.15, -0.1) is 5.10 Å². The SMILES string of the molecule is O=C(c1ncc[nH]1)N1CCC(Cn2cc(-c3cccc(Cl)c3)nn2)CC1.